The highest BCUT2D eigenvalue weighted by Crippen LogP contribution is 2.23. The van der Waals surface area contributed by atoms with Crippen molar-refractivity contribution in [3.8, 4) is 17.1 Å². The van der Waals surface area contributed by atoms with E-state index in [1.165, 1.54) is 0 Å². The summed E-state index contributed by atoms with van der Waals surface area (Å²) in [7, 11) is -1.02. The maximum absolute atomic E-state index is 12.1. The van der Waals surface area contributed by atoms with Crippen LogP contribution in [-0.4, -0.2) is 52.8 Å². The van der Waals surface area contributed by atoms with Crippen molar-refractivity contribution < 1.29 is 18.5 Å². The van der Waals surface area contributed by atoms with Gasteiger partial charge in [0.1, 0.15) is 11.6 Å². The van der Waals surface area contributed by atoms with Gasteiger partial charge in [-0.2, -0.15) is 0 Å². The Hall–Kier alpha value is -3.30. The van der Waals surface area contributed by atoms with E-state index < -0.39 is 16.9 Å². The second-order valence-corrected chi connectivity index (χ2v) is 8.70. The maximum atomic E-state index is 12.1. The molecule has 1 atom stereocenters. The van der Waals surface area contributed by atoms with Gasteiger partial charge in [-0.05, 0) is 36.4 Å². The Kier molecular flexibility index (Phi) is 7.08. The van der Waals surface area contributed by atoms with Gasteiger partial charge in [-0.1, -0.05) is 18.2 Å². The molecule has 1 aliphatic rings. The summed E-state index contributed by atoms with van der Waals surface area (Å²) in [6.45, 7) is 2.79. The van der Waals surface area contributed by atoms with Crippen LogP contribution < -0.4 is 15.0 Å². The molecule has 1 aliphatic heterocycles. The van der Waals surface area contributed by atoms with Crippen molar-refractivity contribution in [1.29, 1.82) is 0 Å². The molecule has 1 fully saturated rings. The fourth-order valence-electron chi connectivity index (χ4n) is 3.29. The van der Waals surface area contributed by atoms with Crippen LogP contribution in [0.25, 0.3) is 11.4 Å². The highest BCUT2D eigenvalue weighted by atomic mass is 32.2. The predicted molar refractivity (Wildman–Crippen MR) is 124 cm³/mol. The van der Waals surface area contributed by atoms with Crippen LogP contribution in [0, 0.1) is 0 Å². The molecule has 1 N–H and O–H groups in total. The summed E-state index contributed by atoms with van der Waals surface area (Å²) >= 11 is 0. The number of nitrogens with zero attached hydrogens (tertiary/aromatic N) is 3. The third-order valence-electron chi connectivity index (χ3n) is 4.80. The summed E-state index contributed by atoms with van der Waals surface area (Å²) in [5.41, 5.74) is 2.12. The summed E-state index contributed by atoms with van der Waals surface area (Å²) in [5.74, 6) is 2.17. The van der Waals surface area contributed by atoms with Crippen molar-refractivity contribution in [2.24, 2.45) is 0 Å². The first-order chi connectivity index (χ1) is 15.6. The van der Waals surface area contributed by atoms with Gasteiger partial charge < -0.3 is 14.4 Å². The van der Waals surface area contributed by atoms with Crippen molar-refractivity contribution >= 4 is 28.4 Å². The van der Waals surface area contributed by atoms with E-state index in [1.54, 1.807) is 42.7 Å². The molecule has 0 aliphatic carbocycles. The van der Waals surface area contributed by atoms with Crippen molar-refractivity contribution in [3.05, 3.63) is 66.4 Å². The molecule has 0 bridgehead atoms. The van der Waals surface area contributed by atoms with Crippen LogP contribution in [-0.2, 0) is 21.3 Å². The number of hydrogen-bond acceptors (Lipinski definition) is 7. The van der Waals surface area contributed by atoms with E-state index in [4.69, 9.17) is 14.5 Å². The van der Waals surface area contributed by atoms with Gasteiger partial charge in [0.15, 0.2) is 5.82 Å². The summed E-state index contributed by atoms with van der Waals surface area (Å²) in [6, 6.07) is 18.0. The monoisotopic (exact) mass is 452 g/mol. The normalized spacial score (nSPS) is 14.6. The van der Waals surface area contributed by atoms with Crippen LogP contribution in [0.1, 0.15) is 5.69 Å². The number of carbonyl (C=O) groups excluding carboxylic acids is 1. The highest BCUT2D eigenvalue weighted by Gasteiger charge is 2.16. The Morgan fingerprint density at radius 1 is 1.09 bits per heavy atom. The fraction of sp³-hybridized carbons (Fsp3) is 0.261. The summed E-state index contributed by atoms with van der Waals surface area (Å²) in [6.07, 6.45) is 1.09. The molecule has 166 valence electrons. The fourth-order valence-corrected chi connectivity index (χ4v) is 3.85. The summed E-state index contributed by atoms with van der Waals surface area (Å²) < 4.78 is 22.5. The molecule has 1 amide bonds. The van der Waals surface area contributed by atoms with Gasteiger partial charge in [0.05, 0.1) is 24.7 Å². The molecule has 0 saturated carbocycles. The third kappa shape index (κ3) is 5.89. The van der Waals surface area contributed by atoms with Crippen LogP contribution >= 0.6 is 0 Å². The lowest BCUT2D eigenvalue weighted by Gasteiger charge is -2.28. The minimum absolute atomic E-state index is 0.359. The number of morpholine rings is 1. The number of carbonyl (C=O) groups is 1. The standard InChI is InChI=1S/C23H24N4O4S/c1-32(29)16-19-15-21(27-11-13-30-14-12-27)26-22(24-19)17-7-9-18(10-8-17)25-23(28)31-20-5-3-2-4-6-20/h2-10,15H,11-14,16H2,1H3,(H,25,28). The quantitative estimate of drug-likeness (QED) is 0.612. The molecule has 1 saturated heterocycles. The molecule has 9 heteroatoms. The van der Waals surface area contributed by atoms with Crippen LogP contribution in [0.4, 0.5) is 16.3 Å². The molecule has 1 unspecified atom stereocenters. The van der Waals surface area contributed by atoms with E-state index in [0.717, 1.165) is 30.2 Å². The number of ether oxygens (including phenoxy) is 2. The van der Waals surface area contributed by atoms with Crippen molar-refractivity contribution in [2.75, 3.05) is 42.8 Å². The zero-order valence-electron chi connectivity index (χ0n) is 17.7. The number of amides is 1. The largest absolute Gasteiger partial charge is 0.417 e. The van der Waals surface area contributed by atoms with Crippen LogP contribution in [0.3, 0.4) is 0 Å². The van der Waals surface area contributed by atoms with Crippen molar-refractivity contribution in [1.82, 2.24) is 9.97 Å². The van der Waals surface area contributed by atoms with Gasteiger partial charge in [0.25, 0.3) is 0 Å². The number of nitrogens with one attached hydrogen (secondary N) is 1. The summed E-state index contributed by atoms with van der Waals surface area (Å²) in [5, 5.41) is 2.71. The van der Waals surface area contributed by atoms with E-state index >= 15 is 0 Å². The number of anilines is 2. The summed E-state index contributed by atoms with van der Waals surface area (Å²) in [4.78, 5) is 23.6. The van der Waals surface area contributed by atoms with Gasteiger partial charge in [-0.3, -0.25) is 9.53 Å². The molecule has 3 aromatic rings. The van der Waals surface area contributed by atoms with Crippen molar-refractivity contribution in [2.45, 2.75) is 5.75 Å². The van der Waals surface area contributed by atoms with E-state index in [1.807, 2.05) is 24.3 Å². The Labute approximate surface area is 189 Å². The second kappa shape index (κ2) is 10.3. The Bertz CT molecular complexity index is 1090. The number of benzene rings is 2. The molecule has 1 aromatic heterocycles. The lowest BCUT2D eigenvalue weighted by Crippen LogP contribution is -2.37. The molecular formula is C23H24N4O4S. The number of aromatic nitrogens is 2. The Morgan fingerprint density at radius 2 is 1.81 bits per heavy atom. The van der Waals surface area contributed by atoms with Crippen LogP contribution in [0.2, 0.25) is 0 Å². The number of para-hydroxylation sites is 1. The molecule has 8 nitrogen and oxygen atoms in total. The average Bonchev–Trinajstić information content (AvgIpc) is 2.80. The zero-order valence-corrected chi connectivity index (χ0v) is 18.5. The second-order valence-electron chi connectivity index (χ2n) is 7.26. The molecule has 4 rings (SSSR count). The lowest BCUT2D eigenvalue weighted by atomic mass is 10.2. The maximum Gasteiger partial charge on any atom is 0.417 e. The number of hydrogen-bond donors (Lipinski definition) is 1. The minimum Gasteiger partial charge on any atom is -0.410 e. The predicted octanol–water partition coefficient (Wildman–Crippen LogP) is 3.47. The smallest absolute Gasteiger partial charge is 0.410 e. The van der Waals surface area contributed by atoms with Crippen LogP contribution in [0.5, 0.6) is 5.75 Å². The first kappa shape index (κ1) is 21.9. The topological polar surface area (TPSA) is 93.7 Å². The minimum atomic E-state index is -1.02. The molecule has 0 radical (unpaired) electrons. The van der Waals surface area contributed by atoms with Gasteiger partial charge in [0.2, 0.25) is 0 Å². The number of rotatable bonds is 6. The molecule has 2 aromatic carbocycles. The zero-order chi connectivity index (χ0) is 22.3. The third-order valence-corrected chi connectivity index (χ3v) is 5.50. The SMILES string of the molecule is CS(=O)Cc1cc(N2CCOCC2)nc(-c2ccc(NC(=O)Oc3ccccc3)cc2)n1. The van der Waals surface area contributed by atoms with E-state index in [2.05, 4.69) is 15.2 Å². The lowest BCUT2D eigenvalue weighted by molar-refractivity contribution is 0.122. The molecule has 32 heavy (non-hydrogen) atoms. The van der Waals surface area contributed by atoms with Gasteiger partial charge >= 0.3 is 6.09 Å². The molecule has 2 heterocycles. The molecular weight excluding hydrogens is 428 g/mol. The average molecular weight is 453 g/mol. The Morgan fingerprint density at radius 3 is 2.50 bits per heavy atom. The van der Waals surface area contributed by atoms with E-state index in [9.17, 15) is 9.00 Å². The first-order valence-electron chi connectivity index (χ1n) is 10.2. The van der Waals surface area contributed by atoms with Crippen molar-refractivity contribution in [3.63, 3.8) is 0 Å². The first-order valence-corrected chi connectivity index (χ1v) is 11.9. The highest BCUT2D eigenvalue weighted by molar-refractivity contribution is 7.83. The van der Waals surface area contributed by atoms with Gasteiger partial charge in [-0.25, -0.2) is 14.8 Å². The van der Waals surface area contributed by atoms with E-state index in [-0.39, 0.29) is 0 Å². The van der Waals surface area contributed by atoms with Gasteiger partial charge in [0, 0.05) is 47.5 Å². The van der Waals surface area contributed by atoms with Crippen LogP contribution in [0.15, 0.2) is 60.7 Å². The molecule has 0 spiro atoms. The van der Waals surface area contributed by atoms with Gasteiger partial charge in [-0.15, -0.1) is 0 Å². The Balaban J connectivity index is 1.52. The van der Waals surface area contributed by atoms with E-state index in [0.29, 0.717) is 36.2 Å².